The number of fused-ring (bicyclic) bond motifs is 1. The van der Waals surface area contributed by atoms with Crippen molar-refractivity contribution in [1.82, 2.24) is 19.6 Å². The molecule has 0 aliphatic heterocycles. The van der Waals surface area contributed by atoms with Crippen molar-refractivity contribution in [3.05, 3.63) is 41.3 Å². The van der Waals surface area contributed by atoms with Crippen LogP contribution in [-0.4, -0.2) is 25.5 Å². The van der Waals surface area contributed by atoms with Crippen LogP contribution in [-0.2, 0) is 11.2 Å². The van der Waals surface area contributed by atoms with Crippen LogP contribution >= 0.6 is 11.3 Å². The number of amides is 1. The molecule has 3 aromatic rings. The van der Waals surface area contributed by atoms with Crippen LogP contribution in [0.25, 0.3) is 5.65 Å². The zero-order valence-electron chi connectivity index (χ0n) is 11.6. The minimum atomic E-state index is -0.0156. The smallest absolute Gasteiger partial charge is 0.226 e. The Hall–Kier alpha value is -2.28. The van der Waals surface area contributed by atoms with Gasteiger partial charge in [-0.25, -0.2) is 4.98 Å². The number of hydrogen-bond acceptors (Lipinski definition) is 5. The number of hydrogen-bond donors (Lipinski definition) is 1. The SMILES string of the molecule is Cc1csc(NC(=O)CCCc2nnc3ccccn23)n1. The molecule has 1 amide bonds. The molecule has 0 unspecified atom stereocenters. The molecule has 3 heterocycles. The van der Waals surface area contributed by atoms with Gasteiger partial charge in [-0.05, 0) is 25.5 Å². The predicted molar refractivity (Wildman–Crippen MR) is 81.4 cm³/mol. The molecular weight excluding hydrogens is 286 g/mol. The topological polar surface area (TPSA) is 72.2 Å². The summed E-state index contributed by atoms with van der Waals surface area (Å²) in [6, 6.07) is 5.78. The second-order valence-corrected chi connectivity index (χ2v) is 5.60. The fourth-order valence-corrected chi connectivity index (χ4v) is 2.77. The second-order valence-electron chi connectivity index (χ2n) is 4.74. The third-order valence-electron chi connectivity index (χ3n) is 3.05. The van der Waals surface area contributed by atoms with Crippen molar-refractivity contribution in [3.8, 4) is 0 Å². The molecule has 0 saturated carbocycles. The van der Waals surface area contributed by atoms with E-state index in [0.717, 1.165) is 30.0 Å². The maximum Gasteiger partial charge on any atom is 0.226 e. The summed E-state index contributed by atoms with van der Waals surface area (Å²) in [6.07, 6.45) is 3.82. The van der Waals surface area contributed by atoms with Gasteiger partial charge in [0.05, 0.1) is 5.69 Å². The third kappa shape index (κ3) is 3.25. The van der Waals surface area contributed by atoms with Crippen molar-refractivity contribution in [2.45, 2.75) is 26.2 Å². The second kappa shape index (κ2) is 6.01. The summed E-state index contributed by atoms with van der Waals surface area (Å²) < 4.78 is 1.95. The van der Waals surface area contributed by atoms with Crippen molar-refractivity contribution in [3.63, 3.8) is 0 Å². The summed E-state index contributed by atoms with van der Waals surface area (Å²) in [5.74, 6) is 0.863. The Kier molecular flexibility index (Phi) is 3.92. The van der Waals surface area contributed by atoms with Crippen LogP contribution in [0.4, 0.5) is 5.13 Å². The highest BCUT2D eigenvalue weighted by Crippen LogP contribution is 2.15. The van der Waals surface area contributed by atoms with E-state index in [2.05, 4.69) is 20.5 Å². The first-order valence-electron chi connectivity index (χ1n) is 6.73. The summed E-state index contributed by atoms with van der Waals surface area (Å²) in [4.78, 5) is 16.0. The molecule has 1 N–H and O–H groups in total. The number of nitrogens with one attached hydrogen (secondary N) is 1. The lowest BCUT2D eigenvalue weighted by Gasteiger charge is -2.01. The fourth-order valence-electron chi connectivity index (χ4n) is 2.06. The summed E-state index contributed by atoms with van der Waals surface area (Å²) in [7, 11) is 0. The third-order valence-corrected chi connectivity index (χ3v) is 3.93. The molecule has 0 aliphatic rings. The van der Waals surface area contributed by atoms with Gasteiger partial charge in [0.1, 0.15) is 5.82 Å². The summed E-state index contributed by atoms with van der Waals surface area (Å²) in [5, 5.41) is 13.6. The minimum Gasteiger partial charge on any atom is -0.302 e. The largest absolute Gasteiger partial charge is 0.302 e. The lowest BCUT2D eigenvalue weighted by atomic mass is 10.2. The highest BCUT2D eigenvalue weighted by molar-refractivity contribution is 7.13. The van der Waals surface area contributed by atoms with Gasteiger partial charge in [0.2, 0.25) is 5.91 Å². The number of aromatic nitrogens is 4. The predicted octanol–water partition coefficient (Wildman–Crippen LogP) is 2.46. The molecular formula is C14H15N5OS. The number of thiazole rings is 1. The van der Waals surface area contributed by atoms with Crippen molar-refractivity contribution in [1.29, 1.82) is 0 Å². The van der Waals surface area contributed by atoms with Crippen LogP contribution in [0.5, 0.6) is 0 Å². The van der Waals surface area contributed by atoms with Crippen molar-refractivity contribution in [2.75, 3.05) is 5.32 Å². The molecule has 3 rings (SSSR count). The van der Waals surface area contributed by atoms with Crippen LogP contribution < -0.4 is 5.32 Å². The maximum atomic E-state index is 11.8. The summed E-state index contributed by atoms with van der Waals surface area (Å²) >= 11 is 1.44. The Morgan fingerprint density at radius 2 is 2.29 bits per heavy atom. The molecule has 0 aromatic carbocycles. The van der Waals surface area contributed by atoms with E-state index in [4.69, 9.17) is 0 Å². The number of carbonyl (C=O) groups is 1. The van der Waals surface area contributed by atoms with Crippen molar-refractivity contribution < 1.29 is 4.79 Å². The average Bonchev–Trinajstić information content (AvgIpc) is 3.06. The molecule has 21 heavy (non-hydrogen) atoms. The molecule has 0 bridgehead atoms. The number of carbonyl (C=O) groups excluding carboxylic acids is 1. The lowest BCUT2D eigenvalue weighted by molar-refractivity contribution is -0.116. The molecule has 7 heteroatoms. The van der Waals surface area contributed by atoms with Gasteiger partial charge < -0.3 is 5.32 Å². The van der Waals surface area contributed by atoms with Gasteiger partial charge in [-0.2, -0.15) is 0 Å². The van der Waals surface area contributed by atoms with E-state index in [9.17, 15) is 4.79 Å². The molecule has 0 aliphatic carbocycles. The first kappa shape index (κ1) is 13.7. The number of pyridine rings is 1. The number of rotatable bonds is 5. The Bertz CT molecular complexity index is 763. The van der Waals surface area contributed by atoms with Crippen LogP contribution in [0.3, 0.4) is 0 Å². The molecule has 6 nitrogen and oxygen atoms in total. The van der Waals surface area contributed by atoms with Gasteiger partial charge in [-0.1, -0.05) is 6.07 Å². The molecule has 0 atom stereocenters. The lowest BCUT2D eigenvalue weighted by Crippen LogP contribution is -2.11. The van der Waals surface area contributed by atoms with Gasteiger partial charge in [0, 0.05) is 24.4 Å². The van der Waals surface area contributed by atoms with E-state index in [-0.39, 0.29) is 5.91 Å². The molecule has 0 spiro atoms. The standard InChI is InChI=1S/C14H15N5OS/c1-10-9-21-14(15-10)16-13(20)7-4-6-12-18-17-11-5-2-3-8-19(11)12/h2-3,5,8-9H,4,6-7H2,1H3,(H,15,16,20). The Labute approximate surface area is 125 Å². The van der Waals surface area contributed by atoms with Crippen LogP contribution in [0, 0.1) is 6.92 Å². The van der Waals surface area contributed by atoms with E-state index in [1.54, 1.807) is 0 Å². The van der Waals surface area contributed by atoms with E-state index in [0.29, 0.717) is 11.6 Å². The van der Waals surface area contributed by atoms with Crippen molar-refractivity contribution in [2.24, 2.45) is 0 Å². The van der Waals surface area contributed by atoms with Gasteiger partial charge in [-0.15, -0.1) is 21.5 Å². The first-order valence-corrected chi connectivity index (χ1v) is 7.61. The molecule has 0 fully saturated rings. The van der Waals surface area contributed by atoms with E-state index in [1.807, 2.05) is 41.1 Å². The molecule has 108 valence electrons. The first-order chi connectivity index (χ1) is 10.2. The van der Waals surface area contributed by atoms with Crippen molar-refractivity contribution >= 4 is 28.0 Å². The molecule has 0 radical (unpaired) electrons. The highest BCUT2D eigenvalue weighted by atomic mass is 32.1. The number of anilines is 1. The van der Waals surface area contributed by atoms with Crippen LogP contribution in [0.2, 0.25) is 0 Å². The van der Waals surface area contributed by atoms with Crippen LogP contribution in [0.15, 0.2) is 29.8 Å². The highest BCUT2D eigenvalue weighted by Gasteiger charge is 2.08. The average molecular weight is 301 g/mol. The van der Waals surface area contributed by atoms with Gasteiger partial charge >= 0.3 is 0 Å². The zero-order chi connectivity index (χ0) is 14.7. The normalized spacial score (nSPS) is 10.9. The molecule has 0 saturated heterocycles. The summed E-state index contributed by atoms with van der Waals surface area (Å²) in [5.41, 5.74) is 1.75. The van der Waals surface area contributed by atoms with E-state index >= 15 is 0 Å². The van der Waals surface area contributed by atoms with E-state index in [1.165, 1.54) is 11.3 Å². The Balaban J connectivity index is 1.53. The van der Waals surface area contributed by atoms with Gasteiger partial charge in [0.25, 0.3) is 0 Å². The fraction of sp³-hybridized carbons (Fsp3) is 0.286. The zero-order valence-corrected chi connectivity index (χ0v) is 12.4. The minimum absolute atomic E-state index is 0.0156. The van der Waals surface area contributed by atoms with Gasteiger partial charge in [0.15, 0.2) is 10.8 Å². The van der Waals surface area contributed by atoms with Crippen LogP contribution in [0.1, 0.15) is 24.4 Å². The Morgan fingerprint density at radius 3 is 3.10 bits per heavy atom. The summed E-state index contributed by atoms with van der Waals surface area (Å²) in [6.45, 7) is 1.91. The number of nitrogens with zero attached hydrogens (tertiary/aromatic N) is 4. The monoisotopic (exact) mass is 301 g/mol. The quantitative estimate of drug-likeness (QED) is 0.785. The number of aryl methyl sites for hydroxylation is 2. The maximum absolute atomic E-state index is 11.8. The van der Waals surface area contributed by atoms with Gasteiger partial charge in [-0.3, -0.25) is 9.20 Å². The molecule has 3 aromatic heterocycles. The Morgan fingerprint density at radius 1 is 1.38 bits per heavy atom. The van der Waals surface area contributed by atoms with E-state index < -0.39 is 0 Å².